The van der Waals surface area contributed by atoms with Gasteiger partial charge in [-0.3, -0.25) is 20.8 Å². The third kappa shape index (κ3) is 8.81. The maximum atomic E-state index is 12.1. The smallest absolute Gasteiger partial charge is 0.282 e. The van der Waals surface area contributed by atoms with E-state index in [9.17, 15) is 14.3 Å². The molecule has 0 spiro atoms. The fourth-order valence-corrected chi connectivity index (χ4v) is 4.85. The molecule has 0 aromatic carbocycles. The lowest BCUT2D eigenvalue weighted by Crippen LogP contribution is -2.54. The van der Waals surface area contributed by atoms with E-state index in [1.54, 1.807) is 11.8 Å². The summed E-state index contributed by atoms with van der Waals surface area (Å²) >= 11 is 4.41. The molecule has 2 aromatic rings. The highest BCUT2D eigenvalue weighted by atomic mass is 32.2. The van der Waals surface area contributed by atoms with Gasteiger partial charge in [0.05, 0.1) is 30.2 Å². The first-order valence-corrected chi connectivity index (χ1v) is 12.4. The van der Waals surface area contributed by atoms with E-state index in [-0.39, 0.29) is 5.96 Å². The van der Waals surface area contributed by atoms with Crippen LogP contribution in [0, 0.1) is 10.1 Å². The molecule has 154 valence electrons. The summed E-state index contributed by atoms with van der Waals surface area (Å²) < 4.78 is 20.4. The molecular formula is C13H21N8O3S4+. The van der Waals surface area contributed by atoms with Gasteiger partial charge in [-0.15, -0.1) is 0 Å². The van der Waals surface area contributed by atoms with Gasteiger partial charge in [0.1, 0.15) is 0 Å². The van der Waals surface area contributed by atoms with Crippen LogP contribution in [0.5, 0.6) is 0 Å². The van der Waals surface area contributed by atoms with Crippen molar-refractivity contribution in [2.75, 3.05) is 24.6 Å². The molecule has 5 N–H and O–H groups in total. The predicted octanol–water partition coefficient (Wildman–Crippen LogP) is -0.101. The van der Waals surface area contributed by atoms with E-state index >= 15 is 0 Å². The van der Waals surface area contributed by atoms with Crippen molar-refractivity contribution in [3.8, 4) is 0 Å². The molecule has 0 aliphatic rings. The zero-order valence-electron chi connectivity index (χ0n) is 14.8. The molecule has 0 amide bonds. The second-order valence-corrected chi connectivity index (χ2v) is 9.24. The van der Waals surface area contributed by atoms with Crippen LogP contribution in [0.25, 0.3) is 0 Å². The Bertz CT molecular complexity index is 769. The molecule has 0 saturated heterocycles. The molecule has 0 aliphatic heterocycles. The van der Waals surface area contributed by atoms with Crippen molar-refractivity contribution in [1.82, 2.24) is 25.0 Å². The van der Waals surface area contributed by atoms with Gasteiger partial charge in [-0.1, -0.05) is 4.79 Å². The summed E-state index contributed by atoms with van der Waals surface area (Å²) in [5.74, 6) is 2.05. The van der Waals surface area contributed by atoms with Crippen LogP contribution >= 0.6 is 34.8 Å². The van der Waals surface area contributed by atoms with Crippen molar-refractivity contribution >= 4 is 51.6 Å². The van der Waals surface area contributed by atoms with Crippen molar-refractivity contribution in [2.24, 2.45) is 5.73 Å². The lowest BCUT2D eigenvalue weighted by molar-refractivity contribution is -0.654. The highest BCUT2D eigenvalue weighted by Crippen LogP contribution is 2.10. The first-order valence-electron chi connectivity index (χ1n) is 8.06. The van der Waals surface area contributed by atoms with Crippen LogP contribution in [-0.4, -0.2) is 53.3 Å². The summed E-state index contributed by atoms with van der Waals surface area (Å²) in [5.41, 5.74) is 15.3. The van der Waals surface area contributed by atoms with Gasteiger partial charge in [-0.05, 0) is 35.2 Å². The molecule has 28 heavy (non-hydrogen) atoms. The van der Waals surface area contributed by atoms with E-state index in [0.717, 1.165) is 22.9 Å². The number of hydrogen-bond donors (Lipinski definition) is 4. The van der Waals surface area contributed by atoms with Crippen molar-refractivity contribution < 1.29 is 14.0 Å². The average molecular weight is 466 g/mol. The molecule has 0 fully saturated rings. The van der Waals surface area contributed by atoms with Crippen LogP contribution < -0.4 is 22.0 Å². The fourth-order valence-electron chi connectivity index (χ4n) is 1.91. The number of nitrogens with zero attached hydrogens (tertiary/aromatic N) is 4. The molecule has 2 rings (SSSR count). The summed E-state index contributed by atoms with van der Waals surface area (Å²) in [7, 11) is -1.10. The molecule has 0 bridgehead atoms. The number of aromatic nitrogens is 2. The minimum absolute atomic E-state index is 0.209. The number of guanidine groups is 1. The van der Waals surface area contributed by atoms with Gasteiger partial charge in [0, 0.05) is 44.2 Å². The third-order valence-corrected chi connectivity index (χ3v) is 6.57. The lowest BCUT2D eigenvalue weighted by Gasteiger charge is -2.13. The zero-order chi connectivity index (χ0) is 20.2. The second kappa shape index (κ2) is 12.5. The maximum absolute atomic E-state index is 12.1. The number of hydrogen-bond acceptors (Lipinski definition) is 10. The Morgan fingerprint density at radius 3 is 2.54 bits per heavy atom. The Hall–Kier alpha value is -1.97. The van der Waals surface area contributed by atoms with Crippen LogP contribution in [0.3, 0.4) is 0 Å². The van der Waals surface area contributed by atoms with Crippen molar-refractivity contribution in [2.45, 2.75) is 11.5 Å². The molecule has 1 atom stereocenters. The number of hydrazone groups is 2. The van der Waals surface area contributed by atoms with Crippen LogP contribution in [0.1, 0.15) is 11.4 Å². The minimum Gasteiger partial charge on any atom is -0.282 e. The Kier molecular flexibility index (Phi) is 9.95. The van der Waals surface area contributed by atoms with Crippen molar-refractivity contribution in [3.63, 3.8) is 0 Å². The number of nitrogens with one attached hydrogen (secondary N) is 3. The molecule has 0 radical (unpaired) electrons. The molecule has 0 saturated carbocycles. The van der Waals surface area contributed by atoms with Gasteiger partial charge in [0.25, 0.3) is 0 Å². The fraction of sp³-hybridized carbons (Fsp3) is 0.462. The van der Waals surface area contributed by atoms with Crippen LogP contribution in [-0.2, 0) is 22.3 Å². The maximum Gasteiger partial charge on any atom is 0.450 e. The second-order valence-electron chi connectivity index (χ2n) is 5.23. The first kappa shape index (κ1) is 22.3. The van der Waals surface area contributed by atoms with E-state index in [1.165, 1.54) is 27.9 Å². The summed E-state index contributed by atoms with van der Waals surface area (Å²) in [6.07, 6.45) is 0. The summed E-state index contributed by atoms with van der Waals surface area (Å²) in [6.45, 7) is 0.833. The van der Waals surface area contributed by atoms with Crippen LogP contribution in [0.15, 0.2) is 22.9 Å². The van der Waals surface area contributed by atoms with Crippen molar-refractivity contribution in [1.29, 1.82) is 0 Å². The monoisotopic (exact) mass is 465 g/mol. The van der Waals surface area contributed by atoms with Gasteiger partial charge in [-0.25, -0.2) is 10.1 Å². The predicted molar refractivity (Wildman–Crippen MR) is 113 cm³/mol. The highest BCUT2D eigenvalue weighted by molar-refractivity contribution is 7.98. The molecule has 2 heterocycles. The lowest BCUT2D eigenvalue weighted by atomic mass is 10.5. The number of nitro groups is 1. The SMILES string of the molecule is NC(N[N+](=O)[O-])=[N+](NCCSCc1ccsn1)NCCS(=O)Cc1ccsn1. The largest absolute Gasteiger partial charge is 0.450 e. The number of nitrogens with two attached hydrogens (primary N) is 1. The quantitative estimate of drug-likeness (QED) is 0.0788. The van der Waals surface area contributed by atoms with Gasteiger partial charge in [0.15, 0.2) is 0 Å². The van der Waals surface area contributed by atoms with E-state index in [1.807, 2.05) is 28.3 Å². The van der Waals surface area contributed by atoms with Gasteiger partial charge >= 0.3 is 5.96 Å². The third-order valence-electron chi connectivity index (χ3n) is 3.10. The van der Waals surface area contributed by atoms with Gasteiger partial charge in [-0.2, -0.15) is 20.5 Å². The van der Waals surface area contributed by atoms with Crippen LogP contribution in [0.2, 0.25) is 0 Å². The van der Waals surface area contributed by atoms with E-state index in [4.69, 9.17) is 5.73 Å². The number of rotatable bonds is 13. The Morgan fingerprint density at radius 2 is 1.89 bits per heavy atom. The van der Waals surface area contributed by atoms with E-state index < -0.39 is 15.8 Å². The van der Waals surface area contributed by atoms with Gasteiger partial charge in [0.2, 0.25) is 5.03 Å². The zero-order valence-corrected chi connectivity index (χ0v) is 18.0. The summed E-state index contributed by atoms with van der Waals surface area (Å²) in [6, 6.07) is 3.80. The van der Waals surface area contributed by atoms with Gasteiger partial charge < -0.3 is 0 Å². The number of hydrazine groups is 3. The summed E-state index contributed by atoms with van der Waals surface area (Å²) in [5, 5.41) is 13.6. The van der Waals surface area contributed by atoms with Crippen LogP contribution in [0.4, 0.5) is 0 Å². The first-order chi connectivity index (χ1) is 13.5. The molecular weight excluding hydrogens is 444 g/mol. The topological polar surface area (TPSA) is 151 Å². The number of thioether (sulfide) groups is 1. The normalized spacial score (nSPS) is 12.9. The van der Waals surface area contributed by atoms with E-state index in [0.29, 0.717) is 24.6 Å². The Balaban J connectivity index is 1.74. The van der Waals surface area contributed by atoms with Crippen molar-refractivity contribution in [3.05, 3.63) is 44.4 Å². The van der Waals surface area contributed by atoms with E-state index in [2.05, 4.69) is 19.6 Å². The molecule has 0 aliphatic carbocycles. The molecule has 15 heteroatoms. The molecule has 11 nitrogen and oxygen atoms in total. The minimum atomic E-state index is -1.10. The molecule has 1 unspecified atom stereocenters. The summed E-state index contributed by atoms with van der Waals surface area (Å²) in [4.78, 5) is 11.9. The Labute approximate surface area is 176 Å². The highest BCUT2D eigenvalue weighted by Gasteiger charge is 2.15. The average Bonchev–Trinajstić information content (AvgIpc) is 3.33. The Morgan fingerprint density at radius 1 is 1.21 bits per heavy atom. The molecule has 2 aromatic heterocycles. The standard InChI is InChI=1S/C13H20N8O3S4/c14-13(17-21(22)23)20(15-3-7-25-9-11-1-5-26-18-11)16-4-8-28(24)10-12-2-6-27-19-12/h1-2,5-6,15-16H,3-4,7-10H2,(H2,14,17)/p+1.